The van der Waals surface area contributed by atoms with Crippen molar-refractivity contribution < 1.29 is 47.4 Å². The molecule has 6 atom stereocenters. The Kier molecular flexibility index (Phi) is 7.04. The van der Waals surface area contributed by atoms with E-state index < -0.39 is 50.8 Å². The Morgan fingerprint density at radius 3 is 2.28 bits per heavy atom. The van der Waals surface area contributed by atoms with Crippen LogP contribution in [0.2, 0.25) is 0 Å². The Morgan fingerprint density at radius 1 is 1.00 bits per heavy atom. The highest BCUT2D eigenvalue weighted by molar-refractivity contribution is 7.43. The molecule has 0 radical (unpaired) electrons. The largest absolute Gasteiger partial charge is 0.790 e. The Morgan fingerprint density at radius 2 is 1.66 bits per heavy atom. The molecule has 1 unspecified atom stereocenters. The Labute approximate surface area is 184 Å². The van der Waals surface area contributed by atoms with Crippen molar-refractivity contribution in [2.45, 2.75) is 37.0 Å². The summed E-state index contributed by atoms with van der Waals surface area (Å²) in [7, 11) is -4.25. The van der Waals surface area contributed by atoms with E-state index in [1.807, 2.05) is 6.07 Å². The molecule has 4 rings (SSSR count). The standard InChI is InChI=1S/C21H23O10P/c1-26-21-18(31-32(23,24)25)17(29-19(22)13-8-4-2-5-9-13)16-15(28-21)12-27-20(30-16)14-10-6-3-7-11-14/h2-11,15-18,20-21H,12H2,1H3,(H2,23,24,25)/p-2/t15-,16+,17+,18-,20?,21-/m1/s1. The fourth-order valence-corrected chi connectivity index (χ4v) is 4.19. The van der Waals surface area contributed by atoms with Crippen LogP contribution in [-0.4, -0.2) is 50.4 Å². The van der Waals surface area contributed by atoms with Crippen LogP contribution in [-0.2, 0) is 32.8 Å². The molecule has 0 aliphatic carbocycles. The molecule has 0 bridgehead atoms. The number of fused-ring (bicyclic) bond motifs is 1. The van der Waals surface area contributed by atoms with Gasteiger partial charge in [0.15, 0.2) is 24.8 Å². The Bertz CT molecular complexity index is 950. The third-order valence-electron chi connectivity index (χ3n) is 5.09. The van der Waals surface area contributed by atoms with Gasteiger partial charge in [0.25, 0.3) is 0 Å². The molecule has 172 valence electrons. The molecule has 0 N–H and O–H groups in total. The fraction of sp³-hybridized carbons (Fsp3) is 0.381. The quantitative estimate of drug-likeness (QED) is 0.448. The third-order valence-corrected chi connectivity index (χ3v) is 5.59. The number of hydrogen-bond acceptors (Lipinski definition) is 10. The van der Waals surface area contributed by atoms with E-state index in [1.165, 1.54) is 19.2 Å². The molecule has 0 amide bonds. The van der Waals surface area contributed by atoms with E-state index in [0.717, 1.165) is 0 Å². The topological polar surface area (TPSA) is 136 Å². The molecule has 2 aromatic carbocycles. The molecule has 2 aromatic rings. The Balaban J connectivity index is 1.65. The van der Waals surface area contributed by atoms with Crippen LogP contribution >= 0.6 is 7.82 Å². The van der Waals surface area contributed by atoms with E-state index in [2.05, 4.69) is 0 Å². The molecule has 2 heterocycles. The molecular weight excluding hydrogens is 443 g/mol. The molecule has 2 saturated heterocycles. The molecule has 2 fully saturated rings. The second kappa shape index (κ2) is 9.78. The van der Waals surface area contributed by atoms with Gasteiger partial charge in [0.1, 0.15) is 12.2 Å². The Hall–Kier alpha value is -2.14. The number of methoxy groups -OCH3 is 1. The van der Waals surface area contributed by atoms with E-state index in [0.29, 0.717) is 5.56 Å². The van der Waals surface area contributed by atoms with Gasteiger partial charge in [0.05, 0.1) is 20.0 Å². The van der Waals surface area contributed by atoms with Gasteiger partial charge in [-0.25, -0.2) is 4.79 Å². The average molecular weight is 464 g/mol. The summed E-state index contributed by atoms with van der Waals surface area (Å²) >= 11 is 0. The predicted molar refractivity (Wildman–Crippen MR) is 104 cm³/mol. The molecule has 10 nitrogen and oxygen atoms in total. The van der Waals surface area contributed by atoms with Crippen molar-refractivity contribution in [3.05, 3.63) is 71.8 Å². The zero-order valence-corrected chi connectivity index (χ0v) is 17.9. The van der Waals surface area contributed by atoms with E-state index >= 15 is 0 Å². The first-order chi connectivity index (χ1) is 15.4. The lowest BCUT2D eigenvalue weighted by molar-refractivity contribution is -0.380. The summed E-state index contributed by atoms with van der Waals surface area (Å²) in [6, 6.07) is 17.1. The number of carbonyl (C=O) groups is 1. The first-order valence-corrected chi connectivity index (χ1v) is 11.3. The lowest BCUT2D eigenvalue weighted by Crippen LogP contribution is -2.64. The summed E-state index contributed by atoms with van der Waals surface area (Å²) in [6.45, 7) is 0.0443. The van der Waals surface area contributed by atoms with Gasteiger partial charge in [-0.2, -0.15) is 0 Å². The lowest BCUT2D eigenvalue weighted by Gasteiger charge is -2.50. The molecule has 2 aliphatic heterocycles. The molecule has 2 aliphatic rings. The number of phosphoric ester groups is 1. The van der Waals surface area contributed by atoms with Crippen LogP contribution in [0.3, 0.4) is 0 Å². The maximum absolute atomic E-state index is 12.8. The van der Waals surface area contributed by atoms with Crippen LogP contribution in [0.5, 0.6) is 0 Å². The van der Waals surface area contributed by atoms with E-state index in [9.17, 15) is 19.1 Å². The number of carbonyl (C=O) groups excluding carboxylic acids is 1. The zero-order chi connectivity index (χ0) is 22.7. The molecule has 0 spiro atoms. The van der Waals surface area contributed by atoms with Gasteiger partial charge in [-0.05, 0) is 12.1 Å². The highest BCUT2D eigenvalue weighted by Crippen LogP contribution is 2.40. The first kappa shape index (κ1) is 23.0. The fourth-order valence-electron chi connectivity index (χ4n) is 3.68. The van der Waals surface area contributed by atoms with Crippen molar-refractivity contribution in [2.24, 2.45) is 0 Å². The van der Waals surface area contributed by atoms with Gasteiger partial charge >= 0.3 is 5.97 Å². The highest BCUT2D eigenvalue weighted by atomic mass is 31.2. The SMILES string of the molecule is CO[C@@H]1O[C@@H]2COC(c3ccccc3)O[C@@H]2[C@H](OC(=O)c2ccccc2)[C@H]1OP(=O)([O-])[O-]. The normalized spacial score (nSPS) is 30.3. The molecule has 0 saturated carbocycles. The van der Waals surface area contributed by atoms with Gasteiger partial charge in [-0.15, -0.1) is 0 Å². The van der Waals surface area contributed by atoms with Crippen molar-refractivity contribution in [1.29, 1.82) is 0 Å². The maximum atomic E-state index is 12.8. The van der Waals surface area contributed by atoms with E-state index in [-0.39, 0.29) is 12.2 Å². The van der Waals surface area contributed by atoms with Gasteiger partial charge in [0, 0.05) is 12.7 Å². The molecule has 11 heteroatoms. The van der Waals surface area contributed by atoms with Crippen LogP contribution in [0.15, 0.2) is 60.7 Å². The van der Waals surface area contributed by atoms with Gasteiger partial charge in [-0.3, -0.25) is 0 Å². The number of phosphoric acid groups is 1. The summed E-state index contributed by atoms with van der Waals surface area (Å²) in [6.07, 6.45) is -6.83. The van der Waals surface area contributed by atoms with Crippen molar-refractivity contribution in [2.75, 3.05) is 13.7 Å². The van der Waals surface area contributed by atoms with E-state index in [1.54, 1.807) is 42.5 Å². The number of benzene rings is 2. The summed E-state index contributed by atoms with van der Waals surface area (Å²) < 4.78 is 44.4. The van der Waals surface area contributed by atoms with E-state index in [4.69, 9.17) is 28.2 Å². The smallest absolute Gasteiger partial charge is 0.338 e. The average Bonchev–Trinajstić information content (AvgIpc) is 2.80. The van der Waals surface area contributed by atoms with Crippen molar-refractivity contribution in [3.8, 4) is 0 Å². The summed E-state index contributed by atoms with van der Waals surface area (Å²) in [5.41, 5.74) is 0.922. The third kappa shape index (κ3) is 5.25. The van der Waals surface area contributed by atoms with Crippen LogP contribution in [0, 0.1) is 0 Å². The van der Waals surface area contributed by atoms with Gasteiger partial charge in [-0.1, -0.05) is 48.5 Å². The zero-order valence-electron chi connectivity index (χ0n) is 17.0. The molecular formula is C21H21O10P-2. The van der Waals surface area contributed by atoms with Crippen LogP contribution in [0.4, 0.5) is 0 Å². The van der Waals surface area contributed by atoms with Crippen LogP contribution in [0.1, 0.15) is 22.2 Å². The van der Waals surface area contributed by atoms with Crippen molar-refractivity contribution >= 4 is 13.8 Å². The number of rotatable bonds is 6. The second-order valence-corrected chi connectivity index (χ2v) is 8.31. The molecule has 32 heavy (non-hydrogen) atoms. The monoisotopic (exact) mass is 464 g/mol. The second-order valence-electron chi connectivity index (χ2n) is 7.21. The number of esters is 1. The summed E-state index contributed by atoms with van der Waals surface area (Å²) in [5.74, 6) is -0.752. The molecule has 0 aromatic heterocycles. The van der Waals surface area contributed by atoms with Crippen molar-refractivity contribution in [1.82, 2.24) is 0 Å². The highest BCUT2D eigenvalue weighted by Gasteiger charge is 2.53. The summed E-state index contributed by atoms with van der Waals surface area (Å²) in [5, 5.41) is 0. The number of hydrogen-bond donors (Lipinski definition) is 0. The van der Waals surface area contributed by atoms with Gasteiger partial charge < -0.3 is 42.6 Å². The van der Waals surface area contributed by atoms with Gasteiger partial charge in [0.2, 0.25) is 0 Å². The number of ether oxygens (including phenoxy) is 5. The minimum absolute atomic E-state index is 0.0443. The minimum atomic E-state index is -5.50. The minimum Gasteiger partial charge on any atom is -0.790 e. The van der Waals surface area contributed by atoms with Crippen LogP contribution in [0.25, 0.3) is 0 Å². The maximum Gasteiger partial charge on any atom is 0.338 e. The van der Waals surface area contributed by atoms with Crippen molar-refractivity contribution in [3.63, 3.8) is 0 Å². The lowest BCUT2D eigenvalue weighted by atomic mass is 9.97. The first-order valence-electron chi connectivity index (χ1n) is 9.82. The summed E-state index contributed by atoms with van der Waals surface area (Å²) in [4.78, 5) is 35.7. The van der Waals surface area contributed by atoms with Crippen LogP contribution < -0.4 is 9.79 Å². The predicted octanol–water partition coefficient (Wildman–Crippen LogP) is 0.911.